The van der Waals surface area contributed by atoms with Crippen molar-refractivity contribution in [1.29, 1.82) is 0 Å². The largest absolute Gasteiger partial charge is 0.477 e. The standard InChI is InChI=1S/C12H8BrN3O4/c13-8-3-1-2-4-9(8)15-11-5-7(12(17)18)10(6-14-11)16(19)20/h1-6H,(H,14,15)(H,17,18). The molecular formula is C12H8BrN3O4. The summed E-state index contributed by atoms with van der Waals surface area (Å²) >= 11 is 3.32. The molecule has 2 aromatic rings. The van der Waals surface area contributed by atoms with Gasteiger partial charge in [-0.2, -0.15) is 0 Å². The summed E-state index contributed by atoms with van der Waals surface area (Å²) in [4.78, 5) is 24.8. The third-order valence-electron chi connectivity index (χ3n) is 2.45. The van der Waals surface area contributed by atoms with E-state index in [1.165, 1.54) is 0 Å². The molecule has 0 unspecified atom stereocenters. The van der Waals surface area contributed by atoms with Gasteiger partial charge >= 0.3 is 11.7 Å². The van der Waals surface area contributed by atoms with E-state index in [1.54, 1.807) is 18.2 Å². The second kappa shape index (κ2) is 5.66. The normalized spacial score (nSPS) is 10.1. The number of aromatic nitrogens is 1. The van der Waals surface area contributed by atoms with E-state index in [0.717, 1.165) is 16.7 Å². The number of anilines is 2. The SMILES string of the molecule is O=C(O)c1cc(Nc2ccccc2Br)ncc1[N+](=O)[O-]. The molecule has 20 heavy (non-hydrogen) atoms. The van der Waals surface area contributed by atoms with Crippen molar-refractivity contribution in [3.63, 3.8) is 0 Å². The first-order chi connectivity index (χ1) is 9.49. The van der Waals surface area contributed by atoms with Gasteiger partial charge in [0.25, 0.3) is 0 Å². The molecule has 2 rings (SSSR count). The Hall–Kier alpha value is -2.48. The van der Waals surface area contributed by atoms with Crippen molar-refractivity contribution in [3.05, 3.63) is 56.7 Å². The minimum absolute atomic E-state index is 0.208. The van der Waals surface area contributed by atoms with Crippen LogP contribution in [0.15, 0.2) is 41.0 Å². The van der Waals surface area contributed by atoms with Crippen LogP contribution in [-0.2, 0) is 0 Å². The number of benzene rings is 1. The van der Waals surface area contributed by atoms with Crippen molar-refractivity contribution in [1.82, 2.24) is 4.98 Å². The number of rotatable bonds is 4. The highest BCUT2D eigenvalue weighted by molar-refractivity contribution is 9.10. The third kappa shape index (κ3) is 2.91. The highest BCUT2D eigenvalue weighted by atomic mass is 79.9. The van der Waals surface area contributed by atoms with Crippen LogP contribution in [0.4, 0.5) is 17.2 Å². The number of aromatic carboxylic acids is 1. The molecule has 0 amide bonds. The average Bonchev–Trinajstić information content (AvgIpc) is 2.41. The Kier molecular flexibility index (Phi) is 3.94. The van der Waals surface area contributed by atoms with E-state index in [-0.39, 0.29) is 5.82 Å². The van der Waals surface area contributed by atoms with E-state index in [0.29, 0.717) is 5.69 Å². The summed E-state index contributed by atoms with van der Waals surface area (Å²) in [6, 6.07) is 8.29. The number of nitro groups is 1. The van der Waals surface area contributed by atoms with Gasteiger partial charge in [0.15, 0.2) is 0 Å². The molecule has 0 bridgehead atoms. The number of carbonyl (C=O) groups is 1. The van der Waals surface area contributed by atoms with Crippen LogP contribution in [0.1, 0.15) is 10.4 Å². The van der Waals surface area contributed by atoms with Gasteiger partial charge in [-0.1, -0.05) is 12.1 Å². The lowest BCUT2D eigenvalue weighted by atomic mass is 10.2. The monoisotopic (exact) mass is 337 g/mol. The van der Waals surface area contributed by atoms with Gasteiger partial charge in [0.05, 0.1) is 10.6 Å². The molecule has 0 fully saturated rings. The lowest BCUT2D eigenvalue weighted by Gasteiger charge is -2.08. The summed E-state index contributed by atoms with van der Waals surface area (Å²) < 4.78 is 0.761. The molecule has 0 atom stereocenters. The first kappa shape index (κ1) is 13.9. The summed E-state index contributed by atoms with van der Waals surface area (Å²) in [5.74, 6) is -1.17. The minimum atomic E-state index is -1.38. The number of halogens is 1. The number of nitrogens with one attached hydrogen (secondary N) is 1. The Morgan fingerprint density at radius 2 is 2.10 bits per heavy atom. The van der Waals surface area contributed by atoms with Gasteiger partial charge < -0.3 is 10.4 Å². The Labute approximate surface area is 121 Å². The molecule has 0 saturated carbocycles. The van der Waals surface area contributed by atoms with Crippen molar-refractivity contribution in [2.75, 3.05) is 5.32 Å². The van der Waals surface area contributed by atoms with Crippen LogP contribution in [-0.4, -0.2) is 21.0 Å². The summed E-state index contributed by atoms with van der Waals surface area (Å²) in [6.07, 6.45) is 0.919. The van der Waals surface area contributed by atoms with Crippen molar-refractivity contribution >= 4 is 39.1 Å². The summed E-state index contributed by atoms with van der Waals surface area (Å²) in [7, 11) is 0. The highest BCUT2D eigenvalue weighted by Crippen LogP contribution is 2.26. The van der Waals surface area contributed by atoms with Crippen LogP contribution in [0.3, 0.4) is 0 Å². The van der Waals surface area contributed by atoms with E-state index in [2.05, 4.69) is 26.2 Å². The first-order valence-electron chi connectivity index (χ1n) is 5.38. The zero-order chi connectivity index (χ0) is 14.7. The Morgan fingerprint density at radius 3 is 2.70 bits per heavy atom. The van der Waals surface area contributed by atoms with E-state index < -0.39 is 22.1 Å². The van der Waals surface area contributed by atoms with E-state index in [4.69, 9.17) is 5.11 Å². The molecule has 0 radical (unpaired) electrons. The number of hydrogen-bond acceptors (Lipinski definition) is 5. The fraction of sp³-hybridized carbons (Fsp3) is 0. The smallest absolute Gasteiger partial charge is 0.342 e. The quantitative estimate of drug-likeness (QED) is 0.655. The van der Waals surface area contributed by atoms with Crippen LogP contribution in [0.5, 0.6) is 0 Å². The fourth-order valence-electron chi connectivity index (χ4n) is 1.53. The molecule has 0 aliphatic heterocycles. The van der Waals surface area contributed by atoms with Gasteiger partial charge in [-0.3, -0.25) is 10.1 Å². The topological polar surface area (TPSA) is 105 Å². The van der Waals surface area contributed by atoms with Gasteiger partial charge in [0, 0.05) is 10.5 Å². The molecule has 7 nitrogen and oxygen atoms in total. The Morgan fingerprint density at radius 1 is 1.40 bits per heavy atom. The van der Waals surface area contributed by atoms with Gasteiger partial charge in [0.1, 0.15) is 17.6 Å². The number of pyridine rings is 1. The molecule has 0 spiro atoms. The predicted octanol–water partition coefficient (Wildman–Crippen LogP) is 3.19. The van der Waals surface area contributed by atoms with Crippen LogP contribution >= 0.6 is 15.9 Å². The number of hydrogen-bond donors (Lipinski definition) is 2. The zero-order valence-electron chi connectivity index (χ0n) is 9.91. The van der Waals surface area contributed by atoms with Crippen molar-refractivity contribution < 1.29 is 14.8 Å². The Balaban J connectivity index is 2.40. The lowest BCUT2D eigenvalue weighted by molar-refractivity contribution is -0.385. The number of carboxylic acid groups (broad SMARTS) is 1. The molecule has 1 aromatic heterocycles. The molecule has 102 valence electrons. The molecule has 1 aromatic carbocycles. The van der Waals surface area contributed by atoms with Gasteiger partial charge in [-0.15, -0.1) is 0 Å². The van der Waals surface area contributed by atoms with Crippen LogP contribution in [0.2, 0.25) is 0 Å². The summed E-state index contributed by atoms with van der Waals surface area (Å²) in [5, 5.41) is 22.6. The highest BCUT2D eigenvalue weighted by Gasteiger charge is 2.21. The van der Waals surface area contributed by atoms with Crippen molar-refractivity contribution in [2.24, 2.45) is 0 Å². The summed E-state index contributed by atoms with van der Waals surface area (Å²) in [6.45, 7) is 0. The van der Waals surface area contributed by atoms with Crippen LogP contribution in [0, 0.1) is 10.1 Å². The van der Waals surface area contributed by atoms with Crippen molar-refractivity contribution in [3.8, 4) is 0 Å². The predicted molar refractivity (Wildman–Crippen MR) is 75.3 cm³/mol. The second-order valence-corrected chi connectivity index (χ2v) is 4.61. The van der Waals surface area contributed by atoms with E-state index in [9.17, 15) is 14.9 Å². The number of nitrogens with zero attached hydrogens (tertiary/aromatic N) is 2. The van der Waals surface area contributed by atoms with Gasteiger partial charge in [-0.25, -0.2) is 9.78 Å². The maximum Gasteiger partial charge on any atom is 0.342 e. The third-order valence-corrected chi connectivity index (χ3v) is 3.14. The first-order valence-corrected chi connectivity index (χ1v) is 6.17. The molecule has 2 N–H and O–H groups in total. The maximum absolute atomic E-state index is 11.0. The molecule has 0 saturated heterocycles. The fourth-order valence-corrected chi connectivity index (χ4v) is 1.92. The zero-order valence-corrected chi connectivity index (χ0v) is 11.5. The van der Waals surface area contributed by atoms with Crippen LogP contribution in [0.25, 0.3) is 0 Å². The van der Waals surface area contributed by atoms with E-state index >= 15 is 0 Å². The second-order valence-electron chi connectivity index (χ2n) is 3.75. The lowest BCUT2D eigenvalue weighted by Crippen LogP contribution is -2.05. The average molecular weight is 338 g/mol. The minimum Gasteiger partial charge on any atom is -0.477 e. The van der Waals surface area contributed by atoms with Crippen molar-refractivity contribution in [2.45, 2.75) is 0 Å². The molecule has 1 heterocycles. The van der Waals surface area contributed by atoms with E-state index in [1.807, 2.05) is 6.07 Å². The number of para-hydroxylation sites is 1. The number of carboxylic acids is 1. The molecule has 0 aliphatic rings. The van der Waals surface area contributed by atoms with Gasteiger partial charge in [0.2, 0.25) is 0 Å². The van der Waals surface area contributed by atoms with Crippen LogP contribution < -0.4 is 5.32 Å². The molecule has 0 aliphatic carbocycles. The molecular weight excluding hydrogens is 330 g/mol. The maximum atomic E-state index is 11.0. The van der Waals surface area contributed by atoms with Gasteiger partial charge in [-0.05, 0) is 28.1 Å². The Bertz CT molecular complexity index is 690. The molecule has 8 heteroatoms. The summed E-state index contributed by atoms with van der Waals surface area (Å²) in [5.41, 5.74) is -0.292.